The van der Waals surface area contributed by atoms with Gasteiger partial charge in [0.25, 0.3) is 5.91 Å². The fraction of sp³-hybridized carbons (Fsp3) is 0.385. The van der Waals surface area contributed by atoms with Crippen LogP contribution in [0.4, 0.5) is 0 Å². The van der Waals surface area contributed by atoms with E-state index in [1.54, 1.807) is 31.2 Å². The van der Waals surface area contributed by atoms with Crippen molar-refractivity contribution in [2.24, 2.45) is 0 Å². The highest BCUT2D eigenvalue weighted by atomic mass is 16.5. The maximum absolute atomic E-state index is 11.7. The number of ether oxygens (including phenoxy) is 1. The highest BCUT2D eigenvalue weighted by Gasteiger charge is 2.26. The molecule has 0 heterocycles. The zero-order valence-electron chi connectivity index (χ0n) is 9.64. The molecule has 2 rings (SSSR count). The predicted molar refractivity (Wildman–Crippen MR) is 62.4 cm³/mol. The fourth-order valence-corrected chi connectivity index (χ4v) is 1.44. The topological polar surface area (TPSA) is 62.1 Å². The second-order valence-electron chi connectivity index (χ2n) is 4.18. The number of hydrogen-bond acceptors (Lipinski definition) is 3. The fourth-order valence-electron chi connectivity index (χ4n) is 1.44. The van der Waals surface area contributed by atoms with E-state index < -0.39 is 6.10 Å². The molecule has 1 aliphatic rings. The molecule has 1 unspecified atom stereocenters. The molecule has 0 radical (unpaired) electrons. The summed E-state index contributed by atoms with van der Waals surface area (Å²) in [4.78, 5) is 11.7. The molecule has 17 heavy (non-hydrogen) atoms. The van der Waals surface area contributed by atoms with Crippen molar-refractivity contribution >= 4 is 5.91 Å². The first-order valence-corrected chi connectivity index (χ1v) is 5.66. The third-order valence-electron chi connectivity index (χ3n) is 2.57. The van der Waals surface area contributed by atoms with E-state index >= 15 is 0 Å². The predicted octanol–water partition coefficient (Wildman–Crippen LogP) is 1.60. The van der Waals surface area contributed by atoms with Gasteiger partial charge >= 0.3 is 0 Å². The van der Waals surface area contributed by atoms with Gasteiger partial charge in [-0.2, -0.15) is 5.26 Å². The number of nitrogens with zero attached hydrogens (tertiary/aromatic N) is 1. The van der Waals surface area contributed by atoms with Crippen LogP contribution in [0.2, 0.25) is 0 Å². The molecule has 0 spiro atoms. The minimum absolute atomic E-state index is 0.102. The molecule has 0 aliphatic heterocycles. The van der Waals surface area contributed by atoms with Crippen LogP contribution < -0.4 is 10.1 Å². The van der Waals surface area contributed by atoms with E-state index in [0.29, 0.717) is 17.4 Å². The Morgan fingerprint density at radius 3 is 3.00 bits per heavy atom. The summed E-state index contributed by atoms with van der Waals surface area (Å²) in [7, 11) is 0. The van der Waals surface area contributed by atoms with Crippen LogP contribution in [-0.2, 0) is 4.79 Å². The summed E-state index contributed by atoms with van der Waals surface area (Å²) in [6.45, 7) is 1.71. The number of nitrogens with one attached hydrogen (secondary N) is 1. The van der Waals surface area contributed by atoms with Gasteiger partial charge in [-0.25, -0.2) is 0 Å². The van der Waals surface area contributed by atoms with Gasteiger partial charge in [-0.1, -0.05) is 6.07 Å². The molecule has 1 amide bonds. The number of benzene rings is 1. The SMILES string of the molecule is CC(Oc1cccc(C#N)c1)C(=O)NC1CC1. The van der Waals surface area contributed by atoms with Crippen molar-refractivity contribution in [2.75, 3.05) is 0 Å². The molecule has 1 N–H and O–H groups in total. The second-order valence-corrected chi connectivity index (χ2v) is 4.18. The molecule has 1 aromatic rings. The lowest BCUT2D eigenvalue weighted by Crippen LogP contribution is -2.37. The minimum Gasteiger partial charge on any atom is -0.481 e. The first-order valence-electron chi connectivity index (χ1n) is 5.66. The summed E-state index contributed by atoms with van der Waals surface area (Å²) in [5.74, 6) is 0.442. The quantitative estimate of drug-likeness (QED) is 0.854. The molecule has 1 saturated carbocycles. The maximum Gasteiger partial charge on any atom is 0.260 e. The first kappa shape index (κ1) is 11.5. The van der Waals surface area contributed by atoms with Crippen LogP contribution >= 0.6 is 0 Å². The average molecular weight is 230 g/mol. The number of carbonyl (C=O) groups is 1. The first-order chi connectivity index (χ1) is 8.19. The van der Waals surface area contributed by atoms with Gasteiger partial charge in [0.1, 0.15) is 5.75 Å². The van der Waals surface area contributed by atoms with E-state index in [-0.39, 0.29) is 5.91 Å². The van der Waals surface area contributed by atoms with Crippen LogP contribution in [0.25, 0.3) is 0 Å². The molecular formula is C13H14N2O2. The summed E-state index contributed by atoms with van der Waals surface area (Å²) >= 11 is 0. The maximum atomic E-state index is 11.7. The van der Waals surface area contributed by atoms with Crippen molar-refractivity contribution in [1.82, 2.24) is 5.32 Å². The molecule has 1 atom stereocenters. The Hall–Kier alpha value is -2.02. The zero-order chi connectivity index (χ0) is 12.3. The number of carbonyl (C=O) groups excluding carboxylic acids is 1. The molecule has 1 aromatic carbocycles. The second kappa shape index (κ2) is 4.88. The Kier molecular flexibility index (Phi) is 3.29. The molecule has 88 valence electrons. The third-order valence-corrected chi connectivity index (χ3v) is 2.57. The molecule has 4 heteroatoms. The van der Waals surface area contributed by atoms with Gasteiger partial charge in [0.15, 0.2) is 6.10 Å². The summed E-state index contributed by atoms with van der Waals surface area (Å²) in [5, 5.41) is 11.6. The van der Waals surface area contributed by atoms with E-state index in [9.17, 15) is 4.79 Å². The highest BCUT2D eigenvalue weighted by molar-refractivity contribution is 5.81. The summed E-state index contributed by atoms with van der Waals surface area (Å²) in [5.41, 5.74) is 0.525. The van der Waals surface area contributed by atoms with Gasteiger partial charge < -0.3 is 10.1 Å². The lowest BCUT2D eigenvalue weighted by Gasteiger charge is -2.14. The normalized spacial score (nSPS) is 15.8. The largest absolute Gasteiger partial charge is 0.481 e. The van der Waals surface area contributed by atoms with Crippen LogP contribution in [0, 0.1) is 11.3 Å². The molecule has 0 saturated heterocycles. The van der Waals surface area contributed by atoms with Gasteiger partial charge in [0.05, 0.1) is 11.6 Å². The lowest BCUT2D eigenvalue weighted by atomic mass is 10.2. The van der Waals surface area contributed by atoms with Gasteiger partial charge in [-0.05, 0) is 38.0 Å². The molecular weight excluding hydrogens is 216 g/mol. The van der Waals surface area contributed by atoms with Crippen molar-refractivity contribution in [3.63, 3.8) is 0 Å². The molecule has 1 aliphatic carbocycles. The van der Waals surface area contributed by atoms with E-state index in [2.05, 4.69) is 5.32 Å². The van der Waals surface area contributed by atoms with Crippen LogP contribution in [0.1, 0.15) is 25.3 Å². The number of hydrogen-bond donors (Lipinski definition) is 1. The highest BCUT2D eigenvalue weighted by Crippen LogP contribution is 2.19. The molecule has 4 nitrogen and oxygen atoms in total. The number of amides is 1. The average Bonchev–Trinajstić information content (AvgIpc) is 3.13. The summed E-state index contributed by atoms with van der Waals surface area (Å²) < 4.78 is 5.48. The van der Waals surface area contributed by atoms with E-state index in [1.807, 2.05) is 6.07 Å². The Balaban J connectivity index is 1.94. The van der Waals surface area contributed by atoms with Crippen molar-refractivity contribution < 1.29 is 9.53 Å². The third kappa shape index (κ3) is 3.22. The van der Waals surface area contributed by atoms with E-state index in [4.69, 9.17) is 10.00 Å². The van der Waals surface area contributed by atoms with Crippen molar-refractivity contribution in [3.05, 3.63) is 29.8 Å². The minimum atomic E-state index is -0.537. The van der Waals surface area contributed by atoms with Gasteiger partial charge in [-0.3, -0.25) is 4.79 Å². The van der Waals surface area contributed by atoms with Crippen LogP contribution in [0.5, 0.6) is 5.75 Å². The van der Waals surface area contributed by atoms with Crippen molar-refractivity contribution in [3.8, 4) is 11.8 Å². The monoisotopic (exact) mass is 230 g/mol. The Morgan fingerprint density at radius 1 is 1.59 bits per heavy atom. The standard InChI is InChI=1S/C13H14N2O2/c1-9(13(16)15-11-5-6-11)17-12-4-2-3-10(7-12)8-14/h2-4,7,9,11H,5-6H2,1H3,(H,15,16). The van der Waals surface area contributed by atoms with E-state index in [0.717, 1.165) is 12.8 Å². The van der Waals surface area contributed by atoms with Crippen LogP contribution in [0.3, 0.4) is 0 Å². The Morgan fingerprint density at radius 2 is 2.35 bits per heavy atom. The molecule has 0 aromatic heterocycles. The van der Waals surface area contributed by atoms with Gasteiger partial charge in [0, 0.05) is 6.04 Å². The van der Waals surface area contributed by atoms with Crippen LogP contribution in [-0.4, -0.2) is 18.1 Å². The van der Waals surface area contributed by atoms with Gasteiger partial charge in [-0.15, -0.1) is 0 Å². The Bertz CT molecular complexity index is 461. The van der Waals surface area contributed by atoms with Crippen molar-refractivity contribution in [1.29, 1.82) is 5.26 Å². The number of rotatable bonds is 4. The lowest BCUT2D eigenvalue weighted by molar-refractivity contribution is -0.127. The summed E-state index contributed by atoms with van der Waals surface area (Å²) in [6.07, 6.45) is 1.58. The van der Waals surface area contributed by atoms with Crippen molar-refractivity contribution in [2.45, 2.75) is 31.9 Å². The van der Waals surface area contributed by atoms with E-state index in [1.165, 1.54) is 0 Å². The smallest absolute Gasteiger partial charge is 0.260 e. The summed E-state index contributed by atoms with van der Waals surface area (Å²) in [6, 6.07) is 9.16. The molecule has 0 bridgehead atoms. The molecule has 1 fully saturated rings. The van der Waals surface area contributed by atoms with Crippen LogP contribution in [0.15, 0.2) is 24.3 Å². The number of nitriles is 1. The zero-order valence-corrected chi connectivity index (χ0v) is 9.64. The van der Waals surface area contributed by atoms with Gasteiger partial charge in [0.2, 0.25) is 0 Å². The Labute approximate surface area is 100 Å².